The third-order valence-corrected chi connectivity index (χ3v) is 4.24. The Hall–Kier alpha value is -0.650. The van der Waals surface area contributed by atoms with Gasteiger partial charge in [0.1, 0.15) is 0 Å². The van der Waals surface area contributed by atoms with Crippen LogP contribution in [0.2, 0.25) is 0 Å². The van der Waals surface area contributed by atoms with Gasteiger partial charge in [-0.2, -0.15) is 0 Å². The number of halogens is 1. The van der Waals surface area contributed by atoms with Gasteiger partial charge >= 0.3 is 0 Å². The average Bonchev–Trinajstić information content (AvgIpc) is 2.41. The molecule has 0 radical (unpaired) electrons. The number of piperazine rings is 1. The summed E-state index contributed by atoms with van der Waals surface area (Å²) in [7, 11) is 0. The Morgan fingerprint density at radius 3 is 2.50 bits per heavy atom. The minimum absolute atomic E-state index is 0.840. The van der Waals surface area contributed by atoms with Gasteiger partial charge in [0.05, 0.1) is 32.7 Å². The van der Waals surface area contributed by atoms with Crippen molar-refractivity contribution in [1.29, 1.82) is 0 Å². The van der Waals surface area contributed by atoms with Crippen molar-refractivity contribution in [3.8, 4) is 0 Å². The number of rotatable bonds is 2. The molecular weight excluding hydrogens is 310 g/mol. The van der Waals surface area contributed by atoms with Crippen molar-refractivity contribution in [2.24, 2.45) is 0 Å². The second-order valence-corrected chi connectivity index (χ2v) is 5.83. The zero-order valence-corrected chi connectivity index (χ0v) is 13.0. The van der Waals surface area contributed by atoms with E-state index in [4.69, 9.17) is 12.2 Å². The van der Waals surface area contributed by atoms with E-state index in [0.29, 0.717) is 0 Å². The molecular formula is C13H19BrN3S+. The predicted molar refractivity (Wildman–Crippen MR) is 83.2 cm³/mol. The first-order valence-electron chi connectivity index (χ1n) is 6.34. The van der Waals surface area contributed by atoms with E-state index in [0.717, 1.165) is 28.4 Å². The smallest absolute Gasteiger partial charge is 0.173 e. The van der Waals surface area contributed by atoms with Crippen LogP contribution in [-0.4, -0.2) is 42.7 Å². The minimum Gasteiger partial charge on any atom is -0.338 e. The van der Waals surface area contributed by atoms with Crippen molar-refractivity contribution < 1.29 is 4.90 Å². The van der Waals surface area contributed by atoms with Gasteiger partial charge in [-0.3, -0.25) is 0 Å². The zero-order chi connectivity index (χ0) is 13.0. The molecule has 2 rings (SSSR count). The standard InChI is InChI=1S/C13H18BrN3S/c1-2-16-7-9-17(10-8-16)13(18)15-12-5-3-11(14)4-6-12/h3-6H,2,7-10H2,1H3,(H,15,18)/p+1. The summed E-state index contributed by atoms with van der Waals surface area (Å²) in [5.41, 5.74) is 1.05. The van der Waals surface area contributed by atoms with E-state index in [1.54, 1.807) is 4.90 Å². The maximum Gasteiger partial charge on any atom is 0.173 e. The first kappa shape index (κ1) is 13.8. The molecule has 5 heteroatoms. The van der Waals surface area contributed by atoms with Gasteiger partial charge in [-0.15, -0.1) is 0 Å². The molecule has 0 unspecified atom stereocenters. The molecule has 1 aromatic carbocycles. The molecule has 98 valence electrons. The Morgan fingerprint density at radius 1 is 1.33 bits per heavy atom. The summed E-state index contributed by atoms with van der Waals surface area (Å²) < 4.78 is 1.08. The van der Waals surface area contributed by atoms with Crippen molar-refractivity contribution in [3.05, 3.63) is 28.7 Å². The summed E-state index contributed by atoms with van der Waals surface area (Å²) in [6, 6.07) is 8.10. The monoisotopic (exact) mass is 328 g/mol. The topological polar surface area (TPSA) is 19.7 Å². The Morgan fingerprint density at radius 2 is 1.94 bits per heavy atom. The fraction of sp³-hybridized carbons (Fsp3) is 0.462. The molecule has 0 atom stereocenters. The number of nitrogens with zero attached hydrogens (tertiary/aromatic N) is 1. The summed E-state index contributed by atoms with van der Waals surface area (Å²) >= 11 is 8.89. The average molecular weight is 329 g/mol. The lowest BCUT2D eigenvalue weighted by molar-refractivity contribution is -0.902. The Kier molecular flexibility index (Phi) is 4.97. The SMILES string of the molecule is CC[NH+]1CCN(C(=S)Nc2ccc(Br)cc2)CC1. The second kappa shape index (κ2) is 6.50. The summed E-state index contributed by atoms with van der Waals surface area (Å²) in [4.78, 5) is 3.92. The highest BCUT2D eigenvalue weighted by molar-refractivity contribution is 9.10. The van der Waals surface area contributed by atoms with Gasteiger partial charge in [-0.1, -0.05) is 15.9 Å². The number of hydrogen-bond donors (Lipinski definition) is 2. The number of hydrogen-bond acceptors (Lipinski definition) is 1. The molecule has 0 saturated carbocycles. The molecule has 1 fully saturated rings. The van der Waals surface area contributed by atoms with E-state index in [2.05, 4.69) is 33.1 Å². The summed E-state index contributed by atoms with van der Waals surface area (Å²) in [6.45, 7) is 7.90. The molecule has 18 heavy (non-hydrogen) atoms. The van der Waals surface area contributed by atoms with Crippen LogP contribution >= 0.6 is 28.1 Å². The van der Waals surface area contributed by atoms with Crippen LogP contribution in [0.4, 0.5) is 5.69 Å². The van der Waals surface area contributed by atoms with Crippen LogP contribution in [0, 0.1) is 0 Å². The van der Waals surface area contributed by atoms with E-state index >= 15 is 0 Å². The molecule has 1 aromatic rings. The molecule has 1 aliphatic heterocycles. The van der Waals surface area contributed by atoms with Crippen LogP contribution in [0.5, 0.6) is 0 Å². The van der Waals surface area contributed by atoms with Crippen LogP contribution in [0.1, 0.15) is 6.92 Å². The molecule has 1 aliphatic rings. The molecule has 0 amide bonds. The largest absolute Gasteiger partial charge is 0.338 e. The first-order valence-corrected chi connectivity index (χ1v) is 7.54. The van der Waals surface area contributed by atoms with E-state index in [1.165, 1.54) is 19.6 Å². The second-order valence-electron chi connectivity index (χ2n) is 4.53. The fourth-order valence-corrected chi connectivity index (χ4v) is 2.68. The van der Waals surface area contributed by atoms with Gasteiger partial charge in [0.15, 0.2) is 5.11 Å². The predicted octanol–water partition coefficient (Wildman–Crippen LogP) is 1.37. The number of benzene rings is 1. The molecule has 3 nitrogen and oxygen atoms in total. The molecule has 0 spiro atoms. The minimum atomic E-state index is 0.840. The van der Waals surface area contributed by atoms with E-state index in [9.17, 15) is 0 Å². The van der Waals surface area contributed by atoms with Gasteiger partial charge in [0.25, 0.3) is 0 Å². The van der Waals surface area contributed by atoms with Gasteiger partial charge < -0.3 is 15.1 Å². The van der Waals surface area contributed by atoms with Gasteiger partial charge in [0.2, 0.25) is 0 Å². The number of thiocarbonyl (C=S) groups is 1. The van der Waals surface area contributed by atoms with Crippen LogP contribution in [0.3, 0.4) is 0 Å². The van der Waals surface area contributed by atoms with Gasteiger partial charge in [0, 0.05) is 10.2 Å². The lowest BCUT2D eigenvalue weighted by Crippen LogP contribution is -3.14. The number of quaternary nitrogens is 1. The van der Waals surface area contributed by atoms with Gasteiger partial charge in [-0.25, -0.2) is 0 Å². The molecule has 0 bridgehead atoms. The molecule has 0 aliphatic carbocycles. The number of likely N-dealkylation sites (N-methyl/N-ethyl adjacent to an activating group) is 1. The zero-order valence-electron chi connectivity index (χ0n) is 10.6. The Bertz CT molecular complexity index is 399. The van der Waals surface area contributed by atoms with Crippen molar-refractivity contribution >= 4 is 38.9 Å². The van der Waals surface area contributed by atoms with E-state index in [-0.39, 0.29) is 0 Å². The van der Waals surface area contributed by atoms with Crippen molar-refractivity contribution in [2.45, 2.75) is 6.92 Å². The van der Waals surface area contributed by atoms with Gasteiger partial charge in [-0.05, 0) is 43.4 Å². The van der Waals surface area contributed by atoms with E-state index in [1.807, 2.05) is 24.3 Å². The summed E-state index contributed by atoms with van der Waals surface area (Å²) in [5, 5.41) is 4.14. The third-order valence-electron chi connectivity index (χ3n) is 3.35. The first-order chi connectivity index (χ1) is 8.69. The van der Waals surface area contributed by atoms with Crippen molar-refractivity contribution in [2.75, 3.05) is 38.0 Å². The lowest BCUT2D eigenvalue weighted by Gasteiger charge is -2.33. The Labute approximate surface area is 122 Å². The van der Waals surface area contributed by atoms with Crippen LogP contribution in [-0.2, 0) is 0 Å². The number of nitrogens with one attached hydrogen (secondary N) is 2. The highest BCUT2D eigenvalue weighted by atomic mass is 79.9. The summed E-state index contributed by atoms with van der Waals surface area (Å²) in [5.74, 6) is 0. The van der Waals surface area contributed by atoms with Crippen LogP contribution in [0.15, 0.2) is 28.7 Å². The molecule has 1 heterocycles. The normalized spacial score (nSPS) is 16.7. The quantitative estimate of drug-likeness (QED) is 0.800. The maximum atomic E-state index is 5.46. The highest BCUT2D eigenvalue weighted by Crippen LogP contribution is 2.14. The molecule has 0 aromatic heterocycles. The van der Waals surface area contributed by atoms with Crippen LogP contribution < -0.4 is 10.2 Å². The van der Waals surface area contributed by atoms with Crippen molar-refractivity contribution in [3.63, 3.8) is 0 Å². The van der Waals surface area contributed by atoms with Crippen LogP contribution in [0.25, 0.3) is 0 Å². The lowest BCUT2D eigenvalue weighted by atomic mass is 10.3. The Balaban J connectivity index is 1.87. The highest BCUT2D eigenvalue weighted by Gasteiger charge is 2.20. The third kappa shape index (κ3) is 3.67. The summed E-state index contributed by atoms with van der Waals surface area (Å²) in [6.07, 6.45) is 0. The fourth-order valence-electron chi connectivity index (χ4n) is 2.12. The number of anilines is 1. The van der Waals surface area contributed by atoms with Crippen molar-refractivity contribution in [1.82, 2.24) is 4.90 Å². The maximum absolute atomic E-state index is 5.46. The molecule has 2 N–H and O–H groups in total. The van der Waals surface area contributed by atoms with E-state index < -0.39 is 0 Å². The molecule has 1 saturated heterocycles.